The van der Waals surface area contributed by atoms with Gasteiger partial charge in [0, 0.05) is 19.1 Å². The number of rotatable bonds is 3. The number of carbonyl (C=O) groups excluding carboxylic acids is 1. The second-order valence-corrected chi connectivity index (χ2v) is 6.84. The maximum absolute atomic E-state index is 14.3. The maximum atomic E-state index is 14.3. The SMILES string of the molecule is CC(C)(C)OC(=O)N1CCC(NCc2ccc(F)cc2)[C@H](F)C1. The number of nitrogens with one attached hydrogen (secondary N) is 1. The molecule has 1 aromatic carbocycles. The fraction of sp³-hybridized carbons (Fsp3) is 0.588. The van der Waals surface area contributed by atoms with Gasteiger partial charge in [-0.3, -0.25) is 0 Å². The molecule has 1 N–H and O–H groups in total. The zero-order chi connectivity index (χ0) is 17.0. The van der Waals surface area contributed by atoms with E-state index < -0.39 is 17.9 Å². The lowest BCUT2D eigenvalue weighted by atomic mass is 10.0. The molecule has 23 heavy (non-hydrogen) atoms. The van der Waals surface area contributed by atoms with Crippen molar-refractivity contribution in [1.29, 1.82) is 0 Å². The van der Waals surface area contributed by atoms with Crippen molar-refractivity contribution in [3.05, 3.63) is 35.6 Å². The van der Waals surface area contributed by atoms with Crippen LogP contribution in [0.1, 0.15) is 32.8 Å². The number of amides is 1. The summed E-state index contributed by atoms with van der Waals surface area (Å²) in [6.07, 6.45) is -1.12. The Bertz CT molecular complexity index is 528. The van der Waals surface area contributed by atoms with Gasteiger partial charge in [0.1, 0.15) is 17.6 Å². The van der Waals surface area contributed by atoms with Gasteiger partial charge in [-0.1, -0.05) is 12.1 Å². The summed E-state index contributed by atoms with van der Waals surface area (Å²) in [6, 6.07) is 5.79. The van der Waals surface area contributed by atoms with Crippen molar-refractivity contribution < 1.29 is 18.3 Å². The molecule has 0 aliphatic carbocycles. The zero-order valence-corrected chi connectivity index (χ0v) is 13.8. The van der Waals surface area contributed by atoms with E-state index in [1.54, 1.807) is 32.9 Å². The minimum absolute atomic E-state index is 0.0238. The van der Waals surface area contributed by atoms with Gasteiger partial charge in [0.05, 0.1) is 6.54 Å². The Kier molecular flexibility index (Phi) is 5.57. The van der Waals surface area contributed by atoms with Crippen LogP contribution in [0.25, 0.3) is 0 Å². The lowest BCUT2D eigenvalue weighted by Gasteiger charge is -2.36. The molecular weight excluding hydrogens is 302 g/mol. The van der Waals surface area contributed by atoms with Crippen molar-refractivity contribution in [3.63, 3.8) is 0 Å². The lowest BCUT2D eigenvalue weighted by molar-refractivity contribution is 0.00934. The Hall–Kier alpha value is -1.69. The Balaban J connectivity index is 1.82. The van der Waals surface area contributed by atoms with Gasteiger partial charge in [-0.15, -0.1) is 0 Å². The Morgan fingerprint density at radius 3 is 2.57 bits per heavy atom. The topological polar surface area (TPSA) is 41.6 Å². The van der Waals surface area contributed by atoms with Gasteiger partial charge in [0.15, 0.2) is 0 Å². The van der Waals surface area contributed by atoms with Crippen LogP contribution >= 0.6 is 0 Å². The standard InChI is InChI=1S/C17H24F2N2O2/c1-17(2,3)23-16(22)21-9-8-15(14(19)11-21)20-10-12-4-6-13(18)7-5-12/h4-7,14-15,20H,8-11H2,1-3H3/t14-,15?/m1/s1. The number of hydrogen-bond donors (Lipinski definition) is 1. The molecule has 1 unspecified atom stereocenters. The summed E-state index contributed by atoms with van der Waals surface area (Å²) in [5.41, 5.74) is 0.314. The quantitative estimate of drug-likeness (QED) is 0.927. The zero-order valence-electron chi connectivity index (χ0n) is 13.8. The van der Waals surface area contributed by atoms with Gasteiger partial charge >= 0.3 is 6.09 Å². The van der Waals surface area contributed by atoms with Crippen molar-refractivity contribution in [2.24, 2.45) is 0 Å². The van der Waals surface area contributed by atoms with E-state index in [9.17, 15) is 13.6 Å². The highest BCUT2D eigenvalue weighted by molar-refractivity contribution is 5.68. The molecule has 4 nitrogen and oxygen atoms in total. The van der Waals surface area contributed by atoms with Crippen LogP contribution in [0.2, 0.25) is 0 Å². The van der Waals surface area contributed by atoms with Gasteiger partial charge in [0.25, 0.3) is 0 Å². The molecule has 0 bridgehead atoms. The second kappa shape index (κ2) is 7.25. The summed E-state index contributed by atoms with van der Waals surface area (Å²) >= 11 is 0. The van der Waals surface area contributed by atoms with Crippen LogP contribution < -0.4 is 5.32 Å². The van der Waals surface area contributed by atoms with Crippen molar-refractivity contribution in [2.75, 3.05) is 13.1 Å². The molecule has 1 aliphatic heterocycles. The first-order valence-corrected chi connectivity index (χ1v) is 7.84. The predicted octanol–water partition coefficient (Wildman–Crippen LogP) is 3.26. The summed E-state index contributed by atoms with van der Waals surface area (Å²) in [7, 11) is 0. The minimum atomic E-state index is -1.16. The number of nitrogens with zero attached hydrogens (tertiary/aromatic N) is 1. The summed E-state index contributed by atoms with van der Waals surface area (Å²) in [6.45, 7) is 6.31. The van der Waals surface area contributed by atoms with E-state index in [1.165, 1.54) is 17.0 Å². The molecule has 0 aromatic heterocycles. The van der Waals surface area contributed by atoms with Crippen LogP contribution in [-0.2, 0) is 11.3 Å². The predicted molar refractivity (Wildman–Crippen MR) is 84.3 cm³/mol. The van der Waals surface area contributed by atoms with Crippen molar-refractivity contribution >= 4 is 6.09 Å². The molecule has 2 rings (SSSR count). The van der Waals surface area contributed by atoms with Gasteiger partial charge < -0.3 is 15.0 Å². The first-order chi connectivity index (χ1) is 10.7. The molecular formula is C17H24F2N2O2. The van der Waals surface area contributed by atoms with Gasteiger partial charge in [-0.2, -0.15) is 0 Å². The van der Waals surface area contributed by atoms with E-state index in [4.69, 9.17) is 4.74 Å². The third kappa shape index (κ3) is 5.46. The molecule has 2 atom stereocenters. The average molecular weight is 326 g/mol. The van der Waals surface area contributed by atoms with Crippen molar-refractivity contribution in [3.8, 4) is 0 Å². The number of halogens is 2. The molecule has 1 aliphatic rings. The smallest absolute Gasteiger partial charge is 0.410 e. The molecule has 0 saturated carbocycles. The van der Waals surface area contributed by atoms with E-state index in [-0.39, 0.29) is 18.4 Å². The number of ether oxygens (including phenoxy) is 1. The number of piperidine rings is 1. The molecule has 1 amide bonds. The van der Waals surface area contributed by atoms with E-state index in [0.29, 0.717) is 19.5 Å². The maximum Gasteiger partial charge on any atom is 0.410 e. The Morgan fingerprint density at radius 1 is 1.35 bits per heavy atom. The Morgan fingerprint density at radius 2 is 2.00 bits per heavy atom. The minimum Gasteiger partial charge on any atom is -0.444 e. The van der Waals surface area contributed by atoms with Crippen LogP contribution in [0.15, 0.2) is 24.3 Å². The van der Waals surface area contributed by atoms with Crippen LogP contribution in [0, 0.1) is 5.82 Å². The van der Waals surface area contributed by atoms with E-state index >= 15 is 0 Å². The Labute approximate surface area is 135 Å². The molecule has 1 saturated heterocycles. The number of benzene rings is 1. The molecule has 1 fully saturated rings. The number of carbonyl (C=O) groups is 1. The monoisotopic (exact) mass is 326 g/mol. The molecule has 6 heteroatoms. The fourth-order valence-corrected chi connectivity index (χ4v) is 2.48. The molecule has 1 aromatic rings. The van der Waals surface area contributed by atoms with Crippen LogP contribution in [0.3, 0.4) is 0 Å². The van der Waals surface area contributed by atoms with E-state index in [0.717, 1.165) is 5.56 Å². The summed E-state index contributed by atoms with van der Waals surface area (Å²) in [5, 5.41) is 3.14. The molecule has 128 valence electrons. The lowest BCUT2D eigenvalue weighted by Crippen LogP contribution is -2.53. The van der Waals surface area contributed by atoms with E-state index in [1.807, 2.05) is 0 Å². The second-order valence-electron chi connectivity index (χ2n) is 6.84. The molecule has 1 heterocycles. The van der Waals surface area contributed by atoms with Gasteiger partial charge in [-0.25, -0.2) is 13.6 Å². The van der Waals surface area contributed by atoms with E-state index in [2.05, 4.69) is 5.32 Å². The highest BCUT2D eigenvalue weighted by Gasteiger charge is 2.33. The van der Waals surface area contributed by atoms with Crippen molar-refractivity contribution in [2.45, 2.75) is 51.6 Å². The normalized spacial score (nSPS) is 22.0. The summed E-state index contributed by atoms with van der Waals surface area (Å²) < 4.78 is 32.4. The largest absolute Gasteiger partial charge is 0.444 e. The highest BCUT2D eigenvalue weighted by atomic mass is 19.1. The first kappa shape index (κ1) is 17.7. The highest BCUT2D eigenvalue weighted by Crippen LogP contribution is 2.18. The number of hydrogen-bond acceptors (Lipinski definition) is 3. The number of likely N-dealkylation sites (tertiary alicyclic amines) is 1. The van der Waals surface area contributed by atoms with Crippen LogP contribution in [-0.4, -0.2) is 41.9 Å². The third-order valence-corrected chi connectivity index (χ3v) is 3.67. The summed E-state index contributed by atoms with van der Waals surface area (Å²) in [4.78, 5) is 13.4. The fourth-order valence-electron chi connectivity index (χ4n) is 2.48. The summed E-state index contributed by atoms with van der Waals surface area (Å²) in [5.74, 6) is -0.289. The van der Waals surface area contributed by atoms with Crippen LogP contribution in [0.5, 0.6) is 0 Å². The number of alkyl halides is 1. The third-order valence-electron chi connectivity index (χ3n) is 3.67. The van der Waals surface area contributed by atoms with Crippen molar-refractivity contribution in [1.82, 2.24) is 10.2 Å². The molecule has 0 spiro atoms. The van der Waals surface area contributed by atoms with Gasteiger partial charge in [0.2, 0.25) is 0 Å². The first-order valence-electron chi connectivity index (χ1n) is 7.84. The average Bonchev–Trinajstić information content (AvgIpc) is 2.46. The molecule has 0 radical (unpaired) electrons. The van der Waals surface area contributed by atoms with Gasteiger partial charge in [-0.05, 0) is 44.9 Å². The van der Waals surface area contributed by atoms with Crippen LogP contribution in [0.4, 0.5) is 13.6 Å².